The molecule has 0 aliphatic carbocycles. The Bertz CT molecular complexity index is 287. The number of hydrogen-bond acceptors (Lipinski definition) is 1. The molecule has 1 aromatic rings. The Kier molecular flexibility index (Phi) is 2.92. The summed E-state index contributed by atoms with van der Waals surface area (Å²) in [6.07, 6.45) is 4.09. The Morgan fingerprint density at radius 1 is 1.25 bits per heavy atom. The van der Waals surface area contributed by atoms with Crippen molar-refractivity contribution in [2.75, 3.05) is 7.11 Å². The van der Waals surface area contributed by atoms with E-state index in [9.17, 15) is 0 Å². The average molecular weight is 162 g/mol. The maximum absolute atomic E-state index is 5.15. The first-order valence-electron chi connectivity index (χ1n) is 4.04. The molecule has 1 heteroatoms. The number of benzene rings is 1. The van der Waals surface area contributed by atoms with Crippen LogP contribution in [0.4, 0.5) is 0 Å². The van der Waals surface area contributed by atoms with Crippen LogP contribution in [0.2, 0.25) is 0 Å². The highest BCUT2D eigenvalue weighted by molar-refractivity contribution is 5.53. The molecular formula is C11H14O. The van der Waals surface area contributed by atoms with E-state index in [1.807, 2.05) is 25.1 Å². The van der Waals surface area contributed by atoms with Gasteiger partial charge in [-0.05, 0) is 37.1 Å². The monoisotopic (exact) mass is 162 g/mol. The van der Waals surface area contributed by atoms with Crippen molar-refractivity contribution in [2.24, 2.45) is 0 Å². The lowest BCUT2D eigenvalue weighted by molar-refractivity contribution is 0.414. The van der Waals surface area contributed by atoms with Gasteiger partial charge in [-0.15, -0.1) is 0 Å². The highest BCUT2D eigenvalue weighted by Gasteiger charge is 1.94. The summed E-state index contributed by atoms with van der Waals surface area (Å²) in [5.74, 6) is 0.920. The van der Waals surface area contributed by atoms with Gasteiger partial charge in [0.15, 0.2) is 0 Å². The molecule has 0 aromatic heterocycles. The molecule has 0 radical (unpaired) electrons. The lowest BCUT2D eigenvalue weighted by Crippen LogP contribution is -1.84. The SMILES string of the molecule is C/C=C\c1cc(C)cc(OC)c1. The van der Waals surface area contributed by atoms with Gasteiger partial charge < -0.3 is 4.74 Å². The molecule has 0 unspecified atom stereocenters. The zero-order valence-electron chi connectivity index (χ0n) is 7.79. The van der Waals surface area contributed by atoms with Gasteiger partial charge in [-0.2, -0.15) is 0 Å². The summed E-state index contributed by atoms with van der Waals surface area (Å²) in [6.45, 7) is 4.07. The topological polar surface area (TPSA) is 9.23 Å². The van der Waals surface area contributed by atoms with Crippen molar-refractivity contribution in [3.8, 4) is 5.75 Å². The minimum absolute atomic E-state index is 0.920. The van der Waals surface area contributed by atoms with Crippen molar-refractivity contribution in [3.05, 3.63) is 35.4 Å². The Balaban J connectivity index is 3.06. The smallest absolute Gasteiger partial charge is 0.119 e. The standard InChI is InChI=1S/C11H14O/c1-4-5-10-6-9(2)7-11(8-10)12-3/h4-8H,1-3H3/b5-4-. The zero-order chi connectivity index (χ0) is 8.97. The van der Waals surface area contributed by atoms with Crippen molar-refractivity contribution >= 4 is 6.08 Å². The quantitative estimate of drug-likeness (QED) is 0.649. The van der Waals surface area contributed by atoms with Crippen LogP contribution in [0, 0.1) is 6.92 Å². The van der Waals surface area contributed by atoms with E-state index in [1.165, 1.54) is 11.1 Å². The van der Waals surface area contributed by atoms with E-state index in [4.69, 9.17) is 4.74 Å². The van der Waals surface area contributed by atoms with E-state index in [0.717, 1.165) is 5.75 Å². The van der Waals surface area contributed by atoms with Gasteiger partial charge in [-0.1, -0.05) is 18.2 Å². The molecule has 0 aliphatic rings. The van der Waals surface area contributed by atoms with Crippen LogP contribution < -0.4 is 4.74 Å². The van der Waals surface area contributed by atoms with E-state index in [1.54, 1.807) is 7.11 Å². The number of aryl methyl sites for hydroxylation is 1. The third-order valence-corrected chi connectivity index (χ3v) is 1.67. The van der Waals surface area contributed by atoms with Crippen LogP contribution >= 0.6 is 0 Å². The number of rotatable bonds is 2. The molecule has 0 heterocycles. The molecule has 0 amide bonds. The summed E-state index contributed by atoms with van der Waals surface area (Å²) in [6, 6.07) is 6.17. The largest absolute Gasteiger partial charge is 0.497 e. The van der Waals surface area contributed by atoms with Gasteiger partial charge in [0.2, 0.25) is 0 Å². The molecular weight excluding hydrogens is 148 g/mol. The van der Waals surface area contributed by atoms with Gasteiger partial charge in [-0.3, -0.25) is 0 Å². The molecule has 0 saturated heterocycles. The molecule has 1 aromatic carbocycles. The molecule has 0 saturated carbocycles. The van der Waals surface area contributed by atoms with Gasteiger partial charge in [0.1, 0.15) is 5.75 Å². The first kappa shape index (κ1) is 8.85. The van der Waals surface area contributed by atoms with E-state index in [-0.39, 0.29) is 0 Å². The summed E-state index contributed by atoms with van der Waals surface area (Å²) in [5.41, 5.74) is 2.41. The number of methoxy groups -OCH3 is 1. The van der Waals surface area contributed by atoms with Crippen molar-refractivity contribution in [1.29, 1.82) is 0 Å². The molecule has 0 bridgehead atoms. The van der Waals surface area contributed by atoms with Crippen LogP contribution in [-0.2, 0) is 0 Å². The van der Waals surface area contributed by atoms with Crippen LogP contribution in [0.25, 0.3) is 6.08 Å². The number of hydrogen-bond donors (Lipinski definition) is 0. The van der Waals surface area contributed by atoms with Gasteiger partial charge in [0.05, 0.1) is 7.11 Å². The molecule has 12 heavy (non-hydrogen) atoms. The zero-order valence-corrected chi connectivity index (χ0v) is 7.79. The summed E-state index contributed by atoms with van der Waals surface area (Å²) >= 11 is 0. The van der Waals surface area contributed by atoms with Gasteiger partial charge >= 0.3 is 0 Å². The minimum atomic E-state index is 0.920. The van der Waals surface area contributed by atoms with E-state index >= 15 is 0 Å². The van der Waals surface area contributed by atoms with Crippen LogP contribution in [0.3, 0.4) is 0 Å². The third kappa shape index (κ3) is 2.12. The summed E-state index contributed by atoms with van der Waals surface area (Å²) in [4.78, 5) is 0. The first-order chi connectivity index (χ1) is 5.76. The fraction of sp³-hybridized carbons (Fsp3) is 0.273. The second-order valence-corrected chi connectivity index (χ2v) is 2.78. The van der Waals surface area contributed by atoms with Crippen LogP contribution in [0.1, 0.15) is 18.1 Å². The molecule has 0 spiro atoms. The predicted octanol–water partition coefficient (Wildman–Crippen LogP) is 3.04. The van der Waals surface area contributed by atoms with Crippen molar-refractivity contribution in [3.63, 3.8) is 0 Å². The molecule has 1 nitrogen and oxygen atoms in total. The Labute approximate surface area is 73.7 Å². The highest BCUT2D eigenvalue weighted by atomic mass is 16.5. The molecule has 1 rings (SSSR count). The summed E-state index contributed by atoms with van der Waals surface area (Å²) in [5, 5.41) is 0. The molecule has 0 aliphatic heterocycles. The van der Waals surface area contributed by atoms with Crippen LogP contribution in [0.15, 0.2) is 24.3 Å². The van der Waals surface area contributed by atoms with Crippen molar-refractivity contribution in [2.45, 2.75) is 13.8 Å². The first-order valence-corrected chi connectivity index (χ1v) is 4.04. The Morgan fingerprint density at radius 2 is 2.00 bits per heavy atom. The van der Waals surface area contributed by atoms with Gasteiger partial charge in [0.25, 0.3) is 0 Å². The van der Waals surface area contributed by atoms with E-state index in [2.05, 4.69) is 19.1 Å². The normalized spacial score (nSPS) is 10.6. The van der Waals surface area contributed by atoms with Gasteiger partial charge in [-0.25, -0.2) is 0 Å². The van der Waals surface area contributed by atoms with Gasteiger partial charge in [0, 0.05) is 0 Å². The molecule has 0 atom stereocenters. The summed E-state index contributed by atoms with van der Waals surface area (Å²) in [7, 11) is 1.69. The van der Waals surface area contributed by atoms with E-state index in [0.29, 0.717) is 0 Å². The Hall–Kier alpha value is -1.24. The van der Waals surface area contributed by atoms with Crippen LogP contribution in [0.5, 0.6) is 5.75 Å². The average Bonchev–Trinajstić information content (AvgIpc) is 2.04. The predicted molar refractivity (Wildman–Crippen MR) is 52.4 cm³/mol. The fourth-order valence-corrected chi connectivity index (χ4v) is 1.18. The fourth-order valence-electron chi connectivity index (χ4n) is 1.18. The van der Waals surface area contributed by atoms with E-state index < -0.39 is 0 Å². The van der Waals surface area contributed by atoms with Crippen molar-refractivity contribution < 1.29 is 4.74 Å². The highest BCUT2D eigenvalue weighted by Crippen LogP contribution is 2.17. The number of ether oxygens (including phenoxy) is 1. The number of allylic oxidation sites excluding steroid dienone is 1. The summed E-state index contributed by atoms with van der Waals surface area (Å²) < 4.78 is 5.15. The molecule has 0 N–H and O–H groups in total. The lowest BCUT2D eigenvalue weighted by Gasteiger charge is -2.02. The second kappa shape index (κ2) is 3.96. The maximum atomic E-state index is 5.15. The maximum Gasteiger partial charge on any atom is 0.119 e. The Morgan fingerprint density at radius 3 is 2.58 bits per heavy atom. The third-order valence-electron chi connectivity index (χ3n) is 1.67. The second-order valence-electron chi connectivity index (χ2n) is 2.78. The van der Waals surface area contributed by atoms with Crippen LogP contribution in [-0.4, -0.2) is 7.11 Å². The molecule has 64 valence electrons. The minimum Gasteiger partial charge on any atom is -0.497 e. The molecule has 0 fully saturated rings. The lowest BCUT2D eigenvalue weighted by atomic mass is 10.1. The van der Waals surface area contributed by atoms with Crippen molar-refractivity contribution in [1.82, 2.24) is 0 Å².